The number of aryl methyl sites for hydroxylation is 2. The van der Waals surface area contributed by atoms with Crippen LogP contribution in [0.25, 0.3) is 0 Å². The number of amides is 1. The summed E-state index contributed by atoms with van der Waals surface area (Å²) in [6.07, 6.45) is 1.58. The molecule has 0 unspecified atom stereocenters. The molecule has 3 rings (SSSR count). The molecule has 28 heavy (non-hydrogen) atoms. The Morgan fingerprint density at radius 1 is 1.04 bits per heavy atom. The number of carbonyl (C=O) groups is 1. The fourth-order valence-corrected chi connectivity index (χ4v) is 3.17. The summed E-state index contributed by atoms with van der Waals surface area (Å²) >= 11 is 0. The third-order valence-electron chi connectivity index (χ3n) is 4.63. The number of aromatic nitrogens is 1. The molecule has 0 saturated carbocycles. The lowest BCUT2D eigenvalue weighted by Gasteiger charge is -2.24. The van der Waals surface area contributed by atoms with Gasteiger partial charge < -0.3 is 14.2 Å². The largest absolute Gasteiger partial charge is 0.496 e. The maximum Gasteiger partial charge on any atom is 0.255 e. The highest BCUT2D eigenvalue weighted by Crippen LogP contribution is 2.22. The summed E-state index contributed by atoms with van der Waals surface area (Å²) in [6, 6.07) is 18.8. The van der Waals surface area contributed by atoms with Gasteiger partial charge in [0.25, 0.3) is 5.91 Å². The number of para-hydroxylation sites is 1. The van der Waals surface area contributed by atoms with Crippen molar-refractivity contribution in [2.75, 3.05) is 7.11 Å². The summed E-state index contributed by atoms with van der Waals surface area (Å²) in [4.78, 5) is 26.7. The van der Waals surface area contributed by atoms with E-state index in [-0.39, 0.29) is 11.5 Å². The van der Waals surface area contributed by atoms with Crippen molar-refractivity contribution in [2.24, 2.45) is 7.05 Å². The van der Waals surface area contributed by atoms with Crippen molar-refractivity contribution in [2.45, 2.75) is 20.0 Å². The van der Waals surface area contributed by atoms with Crippen LogP contribution in [0.2, 0.25) is 0 Å². The quantitative estimate of drug-likeness (QED) is 0.661. The molecule has 2 aromatic carbocycles. The molecule has 0 N–H and O–H groups in total. The summed E-state index contributed by atoms with van der Waals surface area (Å²) < 4.78 is 6.87. The fraction of sp³-hybridized carbons (Fsp3) is 0.217. The van der Waals surface area contributed by atoms with Gasteiger partial charge in [-0.25, -0.2) is 0 Å². The van der Waals surface area contributed by atoms with Gasteiger partial charge >= 0.3 is 0 Å². The molecule has 0 atom stereocenters. The predicted octanol–water partition coefficient (Wildman–Crippen LogP) is 3.54. The lowest BCUT2D eigenvalue weighted by Crippen LogP contribution is -2.31. The van der Waals surface area contributed by atoms with Crippen LogP contribution >= 0.6 is 0 Å². The van der Waals surface area contributed by atoms with Gasteiger partial charge in [-0.2, -0.15) is 0 Å². The van der Waals surface area contributed by atoms with E-state index in [0.29, 0.717) is 18.7 Å². The Morgan fingerprint density at radius 3 is 2.54 bits per heavy atom. The Morgan fingerprint density at radius 2 is 1.82 bits per heavy atom. The van der Waals surface area contributed by atoms with Crippen molar-refractivity contribution in [1.29, 1.82) is 0 Å². The highest BCUT2D eigenvalue weighted by Gasteiger charge is 2.19. The molecule has 1 aromatic heterocycles. The van der Waals surface area contributed by atoms with Crippen LogP contribution in [0.1, 0.15) is 27.0 Å². The second-order valence-corrected chi connectivity index (χ2v) is 6.83. The van der Waals surface area contributed by atoms with E-state index in [9.17, 15) is 9.59 Å². The number of ether oxygens (including phenoxy) is 1. The summed E-state index contributed by atoms with van der Waals surface area (Å²) in [5.74, 6) is 0.605. The van der Waals surface area contributed by atoms with Crippen LogP contribution in [0.15, 0.2) is 71.7 Å². The van der Waals surface area contributed by atoms with Gasteiger partial charge in [-0.3, -0.25) is 9.59 Å². The van der Waals surface area contributed by atoms with E-state index in [1.54, 1.807) is 31.3 Å². The molecule has 1 heterocycles. The lowest BCUT2D eigenvalue weighted by atomic mass is 10.1. The van der Waals surface area contributed by atoms with Gasteiger partial charge in [-0.05, 0) is 24.6 Å². The Hall–Kier alpha value is -3.34. The topological polar surface area (TPSA) is 51.5 Å². The number of benzene rings is 2. The zero-order valence-electron chi connectivity index (χ0n) is 16.4. The van der Waals surface area contributed by atoms with Crippen molar-refractivity contribution in [3.05, 3.63) is 99.5 Å². The molecule has 5 heteroatoms. The predicted molar refractivity (Wildman–Crippen MR) is 109 cm³/mol. The molecule has 0 bridgehead atoms. The SMILES string of the molecule is COc1ccccc1CN(Cc1cccc(C)c1)C(=O)c1ccc(=O)n(C)c1. The summed E-state index contributed by atoms with van der Waals surface area (Å²) in [5, 5.41) is 0. The van der Waals surface area contributed by atoms with Crippen LogP contribution < -0.4 is 10.3 Å². The van der Waals surface area contributed by atoms with Crippen LogP contribution in [0, 0.1) is 6.92 Å². The summed E-state index contributed by atoms with van der Waals surface area (Å²) in [5.41, 5.74) is 3.45. The highest BCUT2D eigenvalue weighted by atomic mass is 16.5. The standard InChI is InChI=1S/C23H24N2O3/c1-17-7-6-8-18(13-17)14-25(16-19-9-4-5-10-21(19)28-3)23(27)20-11-12-22(26)24(2)15-20/h4-13,15H,14,16H2,1-3H3. The first-order chi connectivity index (χ1) is 13.5. The highest BCUT2D eigenvalue weighted by molar-refractivity contribution is 5.93. The number of rotatable bonds is 6. The number of hydrogen-bond acceptors (Lipinski definition) is 3. The van der Waals surface area contributed by atoms with Crippen LogP contribution in [-0.4, -0.2) is 22.5 Å². The first-order valence-electron chi connectivity index (χ1n) is 9.11. The van der Waals surface area contributed by atoms with E-state index in [0.717, 1.165) is 22.4 Å². The van der Waals surface area contributed by atoms with E-state index in [4.69, 9.17) is 4.74 Å². The van der Waals surface area contributed by atoms with E-state index in [1.165, 1.54) is 10.6 Å². The first kappa shape index (κ1) is 19.4. The number of nitrogens with zero attached hydrogens (tertiary/aromatic N) is 2. The maximum absolute atomic E-state index is 13.3. The Bertz CT molecular complexity index is 1040. The van der Waals surface area contributed by atoms with Crippen LogP contribution in [-0.2, 0) is 20.1 Å². The average Bonchev–Trinajstić information content (AvgIpc) is 2.69. The van der Waals surface area contributed by atoms with Crippen molar-refractivity contribution >= 4 is 5.91 Å². The second kappa shape index (κ2) is 8.57. The van der Waals surface area contributed by atoms with Gasteiger partial charge in [0, 0.05) is 38.0 Å². The van der Waals surface area contributed by atoms with Gasteiger partial charge in [0.05, 0.1) is 12.7 Å². The minimum Gasteiger partial charge on any atom is -0.496 e. The maximum atomic E-state index is 13.3. The Balaban J connectivity index is 1.96. The van der Waals surface area contributed by atoms with Gasteiger partial charge in [0.15, 0.2) is 0 Å². The molecule has 5 nitrogen and oxygen atoms in total. The number of pyridine rings is 1. The van der Waals surface area contributed by atoms with E-state index in [1.807, 2.05) is 49.4 Å². The third-order valence-corrected chi connectivity index (χ3v) is 4.63. The molecular formula is C23H24N2O3. The van der Waals surface area contributed by atoms with Crippen molar-refractivity contribution in [3.8, 4) is 5.75 Å². The van der Waals surface area contributed by atoms with Crippen LogP contribution in [0.4, 0.5) is 0 Å². The fourth-order valence-electron chi connectivity index (χ4n) is 3.17. The lowest BCUT2D eigenvalue weighted by molar-refractivity contribution is 0.0728. The molecule has 0 radical (unpaired) electrons. The molecule has 0 saturated heterocycles. The van der Waals surface area contributed by atoms with Crippen molar-refractivity contribution < 1.29 is 9.53 Å². The minimum absolute atomic E-state index is 0.136. The number of carbonyl (C=O) groups excluding carboxylic acids is 1. The summed E-state index contributed by atoms with van der Waals surface area (Å²) in [6.45, 7) is 2.89. The first-order valence-corrected chi connectivity index (χ1v) is 9.11. The monoisotopic (exact) mass is 376 g/mol. The van der Waals surface area contributed by atoms with Gasteiger partial charge in [-0.1, -0.05) is 48.0 Å². The average molecular weight is 376 g/mol. The molecule has 1 amide bonds. The molecule has 0 spiro atoms. The molecule has 0 aliphatic rings. The van der Waals surface area contributed by atoms with E-state index < -0.39 is 0 Å². The van der Waals surface area contributed by atoms with Crippen LogP contribution in [0.3, 0.4) is 0 Å². The number of methoxy groups -OCH3 is 1. The summed E-state index contributed by atoms with van der Waals surface area (Å²) in [7, 11) is 3.27. The molecule has 0 fully saturated rings. The van der Waals surface area contributed by atoms with Crippen molar-refractivity contribution in [3.63, 3.8) is 0 Å². The van der Waals surface area contributed by atoms with E-state index >= 15 is 0 Å². The smallest absolute Gasteiger partial charge is 0.255 e. The van der Waals surface area contributed by atoms with Crippen molar-refractivity contribution in [1.82, 2.24) is 9.47 Å². The molecule has 0 aliphatic carbocycles. The molecular weight excluding hydrogens is 352 g/mol. The van der Waals surface area contributed by atoms with Crippen LogP contribution in [0.5, 0.6) is 5.75 Å². The van der Waals surface area contributed by atoms with Gasteiger partial charge in [-0.15, -0.1) is 0 Å². The third kappa shape index (κ3) is 4.49. The molecule has 0 aliphatic heterocycles. The normalized spacial score (nSPS) is 10.5. The van der Waals surface area contributed by atoms with E-state index in [2.05, 4.69) is 6.07 Å². The van der Waals surface area contributed by atoms with Gasteiger partial charge in [0.1, 0.15) is 5.75 Å². The second-order valence-electron chi connectivity index (χ2n) is 6.83. The number of hydrogen-bond donors (Lipinski definition) is 0. The zero-order chi connectivity index (χ0) is 20.1. The Kier molecular flexibility index (Phi) is 5.94. The molecule has 144 valence electrons. The zero-order valence-corrected chi connectivity index (χ0v) is 16.4. The Labute approximate surface area is 164 Å². The minimum atomic E-state index is -0.147. The van der Waals surface area contributed by atoms with Gasteiger partial charge in [0.2, 0.25) is 5.56 Å². The molecule has 3 aromatic rings.